The van der Waals surface area contributed by atoms with Gasteiger partial charge in [0.1, 0.15) is 5.76 Å². The van der Waals surface area contributed by atoms with Crippen molar-refractivity contribution in [3.8, 4) is 0 Å². The minimum absolute atomic E-state index is 0.00802. The first kappa shape index (κ1) is 22.7. The van der Waals surface area contributed by atoms with E-state index in [1.54, 1.807) is 17.7 Å². The highest BCUT2D eigenvalue weighted by Crippen LogP contribution is 2.34. The Bertz CT molecular complexity index is 753. The summed E-state index contributed by atoms with van der Waals surface area (Å²) in [6.45, 7) is 2.84. The highest BCUT2D eigenvalue weighted by atomic mass is 32.2. The molecule has 2 aliphatic rings. The molecule has 2 fully saturated rings. The molecule has 0 amide bonds. The molecule has 2 saturated heterocycles. The fourth-order valence-corrected chi connectivity index (χ4v) is 4.81. The van der Waals surface area contributed by atoms with Gasteiger partial charge in [-0.15, -0.1) is 0 Å². The maximum atomic E-state index is 12.0. The Hall–Kier alpha value is -1.63. The van der Waals surface area contributed by atoms with E-state index in [4.69, 9.17) is 19.1 Å². The van der Waals surface area contributed by atoms with Crippen molar-refractivity contribution in [2.45, 2.75) is 31.3 Å². The molecule has 0 spiro atoms. The first-order valence-electron chi connectivity index (χ1n) is 8.48. The molecule has 8 nitrogen and oxygen atoms in total. The van der Waals surface area contributed by atoms with Gasteiger partial charge in [-0.25, -0.2) is 13.2 Å². The molecule has 0 unspecified atom stereocenters. The van der Waals surface area contributed by atoms with Crippen molar-refractivity contribution in [1.82, 2.24) is 9.21 Å². The number of nitrogens with zero attached hydrogens (tertiary/aromatic N) is 2. The lowest BCUT2D eigenvalue weighted by molar-refractivity contribution is -0.192. The first-order valence-corrected chi connectivity index (χ1v) is 10.3. The van der Waals surface area contributed by atoms with Crippen LogP contribution in [0.1, 0.15) is 12.2 Å². The molecule has 0 aromatic carbocycles. The second-order valence-corrected chi connectivity index (χ2v) is 8.68. The Morgan fingerprint density at radius 3 is 2.50 bits per heavy atom. The predicted molar refractivity (Wildman–Crippen MR) is 91.9 cm³/mol. The third-order valence-corrected chi connectivity index (χ3v) is 6.13. The topological polar surface area (TPSA) is 100 Å². The summed E-state index contributed by atoms with van der Waals surface area (Å²) in [5.41, 5.74) is 0. The summed E-state index contributed by atoms with van der Waals surface area (Å²) in [5, 5.41) is 7.12. The van der Waals surface area contributed by atoms with E-state index in [0.29, 0.717) is 13.1 Å². The van der Waals surface area contributed by atoms with Crippen molar-refractivity contribution in [3.05, 3.63) is 24.2 Å². The fraction of sp³-hybridized carbons (Fsp3) is 0.688. The molecule has 28 heavy (non-hydrogen) atoms. The first-order chi connectivity index (χ1) is 12.9. The third kappa shape index (κ3) is 5.69. The van der Waals surface area contributed by atoms with E-state index in [1.807, 2.05) is 12.1 Å². The lowest BCUT2D eigenvalue weighted by Gasteiger charge is -2.39. The number of alkyl halides is 3. The molecule has 1 N–H and O–H groups in total. The van der Waals surface area contributed by atoms with E-state index in [0.717, 1.165) is 25.3 Å². The quantitative estimate of drug-likeness (QED) is 0.774. The van der Waals surface area contributed by atoms with Crippen molar-refractivity contribution in [2.24, 2.45) is 5.92 Å². The molecule has 12 heteroatoms. The molecular weight excluding hydrogens is 405 g/mol. The van der Waals surface area contributed by atoms with Crippen molar-refractivity contribution < 1.29 is 40.6 Å². The van der Waals surface area contributed by atoms with E-state index in [-0.39, 0.29) is 18.1 Å². The summed E-state index contributed by atoms with van der Waals surface area (Å²) in [4.78, 5) is 11.1. The van der Waals surface area contributed by atoms with E-state index in [2.05, 4.69) is 4.90 Å². The van der Waals surface area contributed by atoms with Gasteiger partial charge in [0, 0.05) is 38.7 Å². The number of halogens is 3. The van der Waals surface area contributed by atoms with Gasteiger partial charge in [-0.2, -0.15) is 17.5 Å². The minimum Gasteiger partial charge on any atom is -0.475 e. The van der Waals surface area contributed by atoms with Gasteiger partial charge < -0.3 is 14.3 Å². The van der Waals surface area contributed by atoms with Crippen LogP contribution in [0.2, 0.25) is 0 Å². The molecule has 0 radical (unpaired) electrons. The zero-order chi connectivity index (χ0) is 21.1. The summed E-state index contributed by atoms with van der Waals surface area (Å²) in [6, 6.07) is 3.83. The molecule has 160 valence electrons. The van der Waals surface area contributed by atoms with Gasteiger partial charge >= 0.3 is 12.1 Å². The van der Waals surface area contributed by atoms with E-state index in [1.165, 1.54) is 6.26 Å². The largest absolute Gasteiger partial charge is 0.490 e. The number of ether oxygens (including phenoxy) is 1. The monoisotopic (exact) mass is 428 g/mol. The number of hydrogen-bond donors (Lipinski definition) is 1. The van der Waals surface area contributed by atoms with Crippen LogP contribution >= 0.6 is 0 Å². The van der Waals surface area contributed by atoms with Crippen LogP contribution in [0.3, 0.4) is 0 Å². The summed E-state index contributed by atoms with van der Waals surface area (Å²) in [6.07, 6.45) is -1.22. The lowest BCUT2D eigenvalue weighted by atomic mass is 9.91. The van der Waals surface area contributed by atoms with Gasteiger partial charge in [0.25, 0.3) is 0 Å². The number of carboxylic acids is 1. The van der Waals surface area contributed by atoms with Gasteiger partial charge in [0.05, 0.1) is 25.2 Å². The number of hydrogen-bond acceptors (Lipinski definition) is 6. The van der Waals surface area contributed by atoms with Crippen LogP contribution in [0.5, 0.6) is 0 Å². The predicted octanol–water partition coefficient (Wildman–Crippen LogP) is 1.39. The molecule has 1 aromatic heterocycles. The Balaban J connectivity index is 0.000000345. The Kier molecular flexibility index (Phi) is 7.12. The molecule has 3 heterocycles. The Morgan fingerprint density at radius 1 is 1.39 bits per heavy atom. The number of sulfonamides is 1. The fourth-order valence-electron chi connectivity index (χ4n) is 3.66. The maximum absolute atomic E-state index is 12.0. The standard InChI is InChI=1S/C14H22N2O4S.C2HF3O2/c1-19-14-5-6-16(21(2,17)18)13-10-15(9-12(13)14)8-11-4-3-7-20-11;3-2(4,5)1(6)7/h3-4,7,12-14H,5-6,8-10H2,1-2H3;(H,6,7)/t12-,13+,14+;/m0./s1. The molecule has 0 aliphatic carbocycles. The van der Waals surface area contributed by atoms with Crippen molar-refractivity contribution in [1.29, 1.82) is 0 Å². The Morgan fingerprint density at radius 2 is 2.04 bits per heavy atom. The number of carbonyl (C=O) groups is 1. The van der Waals surface area contributed by atoms with Gasteiger partial charge in [0.2, 0.25) is 10.0 Å². The normalized spacial score (nSPS) is 26.4. The number of fused-ring (bicyclic) bond motifs is 1. The average Bonchev–Trinajstić information content (AvgIpc) is 3.22. The van der Waals surface area contributed by atoms with Crippen LogP contribution in [0.4, 0.5) is 13.2 Å². The van der Waals surface area contributed by atoms with Gasteiger partial charge in [-0.3, -0.25) is 4.90 Å². The summed E-state index contributed by atoms with van der Waals surface area (Å²) >= 11 is 0. The average molecular weight is 428 g/mol. The SMILES string of the molecule is CO[C@@H]1CCN(S(C)(=O)=O)[C@@H]2CN(Cc3ccco3)C[C@@H]21.O=C(O)C(F)(F)F. The lowest BCUT2D eigenvalue weighted by Crippen LogP contribution is -2.53. The van der Waals surface area contributed by atoms with Crippen LogP contribution in [-0.2, 0) is 26.1 Å². The molecule has 0 saturated carbocycles. The van der Waals surface area contributed by atoms with Crippen LogP contribution in [0, 0.1) is 5.92 Å². The van der Waals surface area contributed by atoms with Gasteiger partial charge in [-0.1, -0.05) is 0 Å². The zero-order valence-electron chi connectivity index (χ0n) is 15.4. The molecular formula is C16H23F3N2O6S. The number of rotatable bonds is 4. The van der Waals surface area contributed by atoms with Crippen LogP contribution in [-0.4, -0.2) is 80.0 Å². The van der Waals surface area contributed by atoms with Gasteiger partial charge in [0.15, 0.2) is 0 Å². The number of methoxy groups -OCH3 is 1. The number of likely N-dealkylation sites (tertiary alicyclic amines) is 1. The molecule has 0 bridgehead atoms. The van der Waals surface area contributed by atoms with Gasteiger partial charge in [-0.05, 0) is 18.6 Å². The maximum Gasteiger partial charge on any atom is 0.490 e. The van der Waals surface area contributed by atoms with Crippen LogP contribution in [0.25, 0.3) is 0 Å². The smallest absolute Gasteiger partial charge is 0.475 e. The molecule has 3 atom stereocenters. The van der Waals surface area contributed by atoms with Crippen molar-refractivity contribution >= 4 is 16.0 Å². The number of carboxylic acid groups (broad SMARTS) is 1. The number of aliphatic carboxylic acids is 1. The molecule has 1 aromatic rings. The van der Waals surface area contributed by atoms with Crippen molar-refractivity contribution in [3.63, 3.8) is 0 Å². The number of furan rings is 1. The molecule has 2 aliphatic heterocycles. The highest BCUT2D eigenvalue weighted by molar-refractivity contribution is 7.88. The summed E-state index contributed by atoms with van der Waals surface area (Å²) < 4.78 is 68.3. The Labute approximate surface area is 160 Å². The third-order valence-electron chi connectivity index (χ3n) is 4.82. The second kappa shape index (κ2) is 8.80. The van der Waals surface area contributed by atoms with E-state index < -0.39 is 22.2 Å². The highest BCUT2D eigenvalue weighted by Gasteiger charge is 2.47. The summed E-state index contributed by atoms with van der Waals surface area (Å²) in [7, 11) is -1.45. The second-order valence-electron chi connectivity index (χ2n) is 6.74. The van der Waals surface area contributed by atoms with Crippen LogP contribution < -0.4 is 0 Å². The summed E-state index contributed by atoms with van der Waals surface area (Å²) in [5.74, 6) is -1.62. The minimum atomic E-state index is -5.08. The van der Waals surface area contributed by atoms with E-state index >= 15 is 0 Å². The number of piperidine rings is 1. The van der Waals surface area contributed by atoms with Crippen molar-refractivity contribution in [2.75, 3.05) is 33.0 Å². The zero-order valence-corrected chi connectivity index (χ0v) is 16.2. The van der Waals surface area contributed by atoms with Crippen LogP contribution in [0.15, 0.2) is 22.8 Å². The molecule has 3 rings (SSSR count). The van der Waals surface area contributed by atoms with E-state index in [9.17, 15) is 21.6 Å².